The average molecular weight is 444 g/mol. The third-order valence-corrected chi connectivity index (χ3v) is 6.16. The smallest absolute Gasteiger partial charge is 0.413 e. The summed E-state index contributed by atoms with van der Waals surface area (Å²) in [4.78, 5) is 17.0. The monoisotopic (exact) mass is 443 g/mol. The van der Waals surface area contributed by atoms with Gasteiger partial charge in [0.05, 0.1) is 17.0 Å². The Hall–Kier alpha value is -1.48. The third kappa shape index (κ3) is 7.16. The molecule has 9 heteroatoms. The van der Waals surface area contributed by atoms with Gasteiger partial charge in [-0.25, -0.2) is 18.7 Å². The lowest BCUT2D eigenvalue weighted by Gasteiger charge is -2.19. The fraction of sp³-hybridized carbons (Fsp3) is 0.474. The zero-order chi connectivity index (χ0) is 20.9. The number of hydrogen-bond donors (Lipinski definition) is 2. The second-order valence-corrected chi connectivity index (χ2v) is 10.4. The topological polar surface area (TPSA) is 80.3 Å². The highest BCUT2D eigenvalue weighted by atomic mass is 35.5. The van der Waals surface area contributed by atoms with Gasteiger partial charge in [0.15, 0.2) is 5.13 Å². The quantitative estimate of drug-likeness (QED) is 0.620. The molecule has 0 spiro atoms. The van der Waals surface area contributed by atoms with Crippen molar-refractivity contribution >= 4 is 45.1 Å². The van der Waals surface area contributed by atoms with Crippen molar-refractivity contribution in [3.63, 3.8) is 0 Å². The van der Waals surface area contributed by atoms with Gasteiger partial charge in [-0.3, -0.25) is 5.32 Å². The zero-order valence-electron chi connectivity index (χ0n) is 16.6. The first kappa shape index (κ1) is 22.8. The number of benzene rings is 1. The predicted octanol–water partition coefficient (Wildman–Crippen LogP) is 5.14. The molecular formula is C19H26ClN3O3S2. The van der Waals surface area contributed by atoms with Crippen LogP contribution in [0.2, 0.25) is 5.02 Å². The number of nitrogens with zero attached hydrogens (tertiary/aromatic N) is 1. The molecule has 2 rings (SSSR count). The molecule has 28 heavy (non-hydrogen) atoms. The van der Waals surface area contributed by atoms with E-state index in [1.165, 1.54) is 11.3 Å². The molecule has 154 valence electrons. The first-order valence-electron chi connectivity index (χ1n) is 8.90. The standard InChI is InChI=1S/C19H26ClN3O3S2/c1-12(2)11-28(25)23-16(13-8-6-7-9-14(13)20)15-10-21-17(27-15)22-18(24)26-19(3,4)5/h6-10,12,16,23H,11H2,1-5H3,(H,21,22,24). The van der Waals surface area contributed by atoms with Crippen LogP contribution in [0.5, 0.6) is 0 Å². The second kappa shape index (κ2) is 9.82. The highest BCUT2D eigenvalue weighted by Gasteiger charge is 2.23. The SMILES string of the molecule is CC(C)CS(=O)NC(c1cnc(NC(=O)OC(C)(C)C)s1)c1ccccc1Cl. The van der Waals surface area contributed by atoms with Crippen molar-refractivity contribution in [3.8, 4) is 0 Å². The Bertz CT molecular complexity index is 834. The van der Waals surface area contributed by atoms with Crippen LogP contribution in [0.3, 0.4) is 0 Å². The summed E-state index contributed by atoms with van der Waals surface area (Å²) in [7, 11) is -1.25. The summed E-state index contributed by atoms with van der Waals surface area (Å²) in [5, 5.41) is 3.60. The van der Waals surface area contributed by atoms with Gasteiger partial charge in [-0.2, -0.15) is 0 Å². The second-order valence-electron chi connectivity index (χ2n) is 7.67. The number of rotatable bonds is 7. The van der Waals surface area contributed by atoms with Gasteiger partial charge in [0.1, 0.15) is 5.60 Å². The van der Waals surface area contributed by atoms with Crippen LogP contribution in [-0.4, -0.2) is 26.6 Å². The molecule has 2 N–H and O–H groups in total. The molecule has 0 saturated heterocycles. The molecule has 0 saturated carbocycles. The Labute approximate surface area is 177 Å². The third-order valence-electron chi connectivity index (χ3n) is 3.37. The molecule has 6 nitrogen and oxygen atoms in total. The van der Waals surface area contributed by atoms with E-state index in [0.717, 1.165) is 10.4 Å². The number of thiazole rings is 1. The average Bonchev–Trinajstić information content (AvgIpc) is 2.99. The van der Waals surface area contributed by atoms with E-state index in [4.69, 9.17) is 16.3 Å². The molecular weight excluding hydrogens is 418 g/mol. The molecule has 0 aliphatic rings. The lowest BCUT2D eigenvalue weighted by atomic mass is 10.1. The van der Waals surface area contributed by atoms with E-state index >= 15 is 0 Å². The van der Waals surface area contributed by atoms with E-state index in [9.17, 15) is 9.00 Å². The van der Waals surface area contributed by atoms with Crippen LogP contribution in [0.4, 0.5) is 9.93 Å². The van der Waals surface area contributed by atoms with Gasteiger partial charge >= 0.3 is 6.09 Å². The number of carbonyl (C=O) groups excluding carboxylic acids is 1. The van der Waals surface area contributed by atoms with Crippen molar-refractivity contribution in [3.05, 3.63) is 45.9 Å². The molecule has 1 amide bonds. The highest BCUT2D eigenvalue weighted by Crippen LogP contribution is 2.33. The van der Waals surface area contributed by atoms with Crippen LogP contribution < -0.4 is 10.0 Å². The van der Waals surface area contributed by atoms with E-state index in [2.05, 4.69) is 15.0 Å². The summed E-state index contributed by atoms with van der Waals surface area (Å²) >= 11 is 7.66. The minimum Gasteiger partial charge on any atom is -0.444 e. The van der Waals surface area contributed by atoms with Crippen molar-refractivity contribution < 1.29 is 13.7 Å². The van der Waals surface area contributed by atoms with Gasteiger partial charge < -0.3 is 4.74 Å². The molecule has 2 aromatic rings. The van der Waals surface area contributed by atoms with Crippen molar-refractivity contribution in [1.82, 2.24) is 9.71 Å². The van der Waals surface area contributed by atoms with Crippen LogP contribution in [0, 0.1) is 5.92 Å². The number of anilines is 1. The van der Waals surface area contributed by atoms with Crippen LogP contribution in [0.1, 0.15) is 51.1 Å². The Balaban J connectivity index is 2.24. The molecule has 0 fully saturated rings. The Morgan fingerprint density at radius 3 is 2.61 bits per heavy atom. The number of carbonyl (C=O) groups is 1. The lowest BCUT2D eigenvalue weighted by Crippen LogP contribution is -2.27. The highest BCUT2D eigenvalue weighted by molar-refractivity contribution is 7.83. The number of halogens is 1. The Morgan fingerprint density at radius 1 is 1.32 bits per heavy atom. The van der Waals surface area contributed by atoms with Gasteiger partial charge in [0.25, 0.3) is 0 Å². The molecule has 1 aromatic carbocycles. The van der Waals surface area contributed by atoms with Crippen molar-refractivity contribution in [2.45, 2.75) is 46.3 Å². The minimum atomic E-state index is -1.25. The van der Waals surface area contributed by atoms with Crippen molar-refractivity contribution in [2.75, 3.05) is 11.1 Å². The number of aromatic nitrogens is 1. The minimum absolute atomic E-state index is 0.283. The zero-order valence-corrected chi connectivity index (χ0v) is 19.0. The summed E-state index contributed by atoms with van der Waals surface area (Å²) in [5.41, 5.74) is 0.202. The molecule has 0 radical (unpaired) electrons. The molecule has 0 bridgehead atoms. The summed E-state index contributed by atoms with van der Waals surface area (Å²) in [6.45, 7) is 9.41. The maximum atomic E-state index is 12.5. The van der Waals surface area contributed by atoms with Crippen molar-refractivity contribution in [2.24, 2.45) is 5.92 Å². The van der Waals surface area contributed by atoms with Gasteiger partial charge in [-0.15, -0.1) is 0 Å². The Kier molecular flexibility index (Phi) is 8.00. The summed E-state index contributed by atoms with van der Waals surface area (Å²) < 4.78 is 20.9. The number of amides is 1. The first-order chi connectivity index (χ1) is 13.0. The molecule has 1 aromatic heterocycles. The summed E-state index contributed by atoms with van der Waals surface area (Å²) in [6, 6.07) is 6.99. The van der Waals surface area contributed by atoms with E-state index in [0.29, 0.717) is 15.9 Å². The number of hydrogen-bond acceptors (Lipinski definition) is 5. The first-order valence-corrected chi connectivity index (χ1v) is 11.4. The van der Waals surface area contributed by atoms with Crippen LogP contribution in [-0.2, 0) is 15.7 Å². The number of nitrogens with one attached hydrogen (secondary N) is 2. The molecule has 2 unspecified atom stereocenters. The van der Waals surface area contributed by atoms with E-state index < -0.39 is 28.7 Å². The molecule has 1 heterocycles. The van der Waals surface area contributed by atoms with Crippen LogP contribution >= 0.6 is 22.9 Å². The van der Waals surface area contributed by atoms with E-state index in [-0.39, 0.29) is 5.92 Å². The van der Waals surface area contributed by atoms with Gasteiger partial charge in [0.2, 0.25) is 0 Å². The van der Waals surface area contributed by atoms with E-state index in [1.54, 1.807) is 33.0 Å². The van der Waals surface area contributed by atoms with Crippen LogP contribution in [0.15, 0.2) is 30.5 Å². The maximum Gasteiger partial charge on any atom is 0.413 e. The lowest BCUT2D eigenvalue weighted by molar-refractivity contribution is 0.0636. The van der Waals surface area contributed by atoms with Crippen LogP contribution in [0.25, 0.3) is 0 Å². The van der Waals surface area contributed by atoms with Gasteiger partial charge in [-0.1, -0.05) is 55.0 Å². The van der Waals surface area contributed by atoms with Crippen molar-refractivity contribution in [1.29, 1.82) is 0 Å². The van der Waals surface area contributed by atoms with E-state index in [1.807, 2.05) is 32.0 Å². The summed E-state index contributed by atoms with van der Waals surface area (Å²) in [5.74, 6) is 0.800. The summed E-state index contributed by atoms with van der Waals surface area (Å²) in [6.07, 6.45) is 1.07. The largest absolute Gasteiger partial charge is 0.444 e. The molecule has 0 aliphatic heterocycles. The molecule has 2 atom stereocenters. The fourth-order valence-corrected chi connectivity index (χ4v) is 4.75. The number of ether oxygens (including phenoxy) is 1. The predicted molar refractivity (Wildman–Crippen MR) is 116 cm³/mol. The van der Waals surface area contributed by atoms with Gasteiger partial charge in [-0.05, 0) is 38.3 Å². The normalized spacial score (nSPS) is 14.0. The molecule has 0 aliphatic carbocycles. The van der Waals surface area contributed by atoms with Gasteiger partial charge in [0, 0.05) is 21.8 Å². The Morgan fingerprint density at radius 2 is 2.00 bits per heavy atom. The fourth-order valence-electron chi connectivity index (χ4n) is 2.34. The maximum absolute atomic E-state index is 12.5.